The zero-order valence-corrected chi connectivity index (χ0v) is 11.8. The van der Waals surface area contributed by atoms with Crippen LogP contribution in [-0.4, -0.2) is 61.1 Å². The largest absolute Gasteiger partial charge is 0.352 e. The van der Waals surface area contributed by atoms with E-state index < -0.39 is 0 Å². The third-order valence-electron chi connectivity index (χ3n) is 2.78. The molecule has 1 atom stereocenters. The first-order chi connectivity index (χ1) is 8.22. The molecule has 0 spiro atoms. The Morgan fingerprint density at radius 1 is 1.47 bits per heavy atom. The van der Waals surface area contributed by atoms with Crippen LogP contribution in [0.2, 0.25) is 0 Å². The monoisotopic (exact) mass is 259 g/mol. The molecule has 0 saturated carbocycles. The van der Waals surface area contributed by atoms with Crippen LogP contribution in [0.15, 0.2) is 0 Å². The van der Waals surface area contributed by atoms with Crippen LogP contribution in [0.25, 0.3) is 0 Å². The van der Waals surface area contributed by atoms with Gasteiger partial charge in [0.25, 0.3) is 0 Å². The number of carbonyl (C=O) groups excluding carboxylic acids is 1. The molecule has 1 aliphatic rings. The van der Waals surface area contributed by atoms with Gasteiger partial charge in [0.05, 0.1) is 6.54 Å². The Morgan fingerprint density at radius 3 is 3.06 bits per heavy atom. The fourth-order valence-corrected chi connectivity index (χ4v) is 2.59. The lowest BCUT2D eigenvalue weighted by molar-refractivity contribution is -0.122. The van der Waals surface area contributed by atoms with Crippen molar-refractivity contribution >= 4 is 17.7 Å². The van der Waals surface area contributed by atoms with Gasteiger partial charge in [0.2, 0.25) is 5.91 Å². The molecule has 100 valence electrons. The van der Waals surface area contributed by atoms with Gasteiger partial charge in [-0.2, -0.15) is 11.8 Å². The first-order valence-electron chi connectivity index (χ1n) is 6.52. The highest BCUT2D eigenvalue weighted by Crippen LogP contribution is 2.01. The Morgan fingerprint density at radius 2 is 2.29 bits per heavy atom. The van der Waals surface area contributed by atoms with E-state index in [1.807, 2.05) is 11.8 Å². The molecule has 1 rings (SSSR count). The van der Waals surface area contributed by atoms with Crippen LogP contribution in [0, 0.1) is 0 Å². The molecule has 0 aromatic carbocycles. The molecule has 0 aliphatic carbocycles. The molecule has 5 heteroatoms. The van der Waals surface area contributed by atoms with Crippen molar-refractivity contribution in [3.05, 3.63) is 0 Å². The maximum absolute atomic E-state index is 11.8. The van der Waals surface area contributed by atoms with Gasteiger partial charge in [0.1, 0.15) is 0 Å². The van der Waals surface area contributed by atoms with E-state index >= 15 is 0 Å². The van der Waals surface area contributed by atoms with Crippen LogP contribution >= 0.6 is 11.8 Å². The summed E-state index contributed by atoms with van der Waals surface area (Å²) in [6.07, 6.45) is 1.13. The molecule has 2 N–H and O–H groups in total. The normalized spacial score (nSPS) is 19.6. The highest BCUT2D eigenvalue weighted by molar-refractivity contribution is 7.99. The van der Waals surface area contributed by atoms with Crippen molar-refractivity contribution in [1.29, 1.82) is 0 Å². The van der Waals surface area contributed by atoms with Crippen LogP contribution in [0.5, 0.6) is 0 Å². The van der Waals surface area contributed by atoms with E-state index in [0.717, 1.165) is 44.1 Å². The number of thioether (sulfide) groups is 1. The van der Waals surface area contributed by atoms with E-state index in [1.54, 1.807) is 0 Å². The molecule has 1 heterocycles. The van der Waals surface area contributed by atoms with Gasteiger partial charge in [0, 0.05) is 24.9 Å². The topological polar surface area (TPSA) is 44.4 Å². The highest BCUT2D eigenvalue weighted by atomic mass is 32.2. The second-order valence-corrected chi connectivity index (χ2v) is 5.83. The SMILES string of the molecule is CCSCC(C)NC(=O)CN1CCCNCC1. The first-order valence-corrected chi connectivity index (χ1v) is 7.68. The number of hydrogen-bond acceptors (Lipinski definition) is 4. The fraction of sp³-hybridized carbons (Fsp3) is 0.917. The van der Waals surface area contributed by atoms with Crippen LogP contribution in [0.1, 0.15) is 20.3 Å². The lowest BCUT2D eigenvalue weighted by atomic mass is 10.3. The molecular weight excluding hydrogens is 234 g/mol. The Labute approximate surface area is 109 Å². The molecule has 0 bridgehead atoms. The van der Waals surface area contributed by atoms with Crippen molar-refractivity contribution in [3.63, 3.8) is 0 Å². The molecule has 1 saturated heterocycles. The molecule has 4 nitrogen and oxygen atoms in total. The van der Waals surface area contributed by atoms with Gasteiger partial charge in [0.15, 0.2) is 0 Å². The lowest BCUT2D eigenvalue weighted by Gasteiger charge is -2.20. The summed E-state index contributed by atoms with van der Waals surface area (Å²) in [7, 11) is 0. The van der Waals surface area contributed by atoms with Gasteiger partial charge in [-0.05, 0) is 32.2 Å². The number of rotatable bonds is 6. The molecule has 1 unspecified atom stereocenters. The van der Waals surface area contributed by atoms with E-state index in [9.17, 15) is 4.79 Å². The summed E-state index contributed by atoms with van der Waals surface area (Å²) < 4.78 is 0. The summed E-state index contributed by atoms with van der Waals surface area (Å²) in [5.41, 5.74) is 0. The Balaban J connectivity index is 2.18. The van der Waals surface area contributed by atoms with E-state index in [1.165, 1.54) is 0 Å². The van der Waals surface area contributed by atoms with Crippen LogP contribution in [0.4, 0.5) is 0 Å². The fourth-order valence-electron chi connectivity index (χ4n) is 1.92. The quantitative estimate of drug-likeness (QED) is 0.731. The molecule has 0 radical (unpaired) electrons. The van der Waals surface area contributed by atoms with E-state index in [0.29, 0.717) is 6.54 Å². The van der Waals surface area contributed by atoms with Crippen LogP contribution < -0.4 is 10.6 Å². The summed E-state index contributed by atoms with van der Waals surface area (Å²) >= 11 is 1.87. The van der Waals surface area contributed by atoms with E-state index in [-0.39, 0.29) is 11.9 Å². The third kappa shape index (κ3) is 6.91. The molecule has 1 aliphatic heterocycles. The van der Waals surface area contributed by atoms with Crippen LogP contribution in [0.3, 0.4) is 0 Å². The zero-order valence-electron chi connectivity index (χ0n) is 11.0. The smallest absolute Gasteiger partial charge is 0.234 e. The molecular formula is C12H25N3OS. The Hall–Kier alpha value is -0.260. The molecule has 1 fully saturated rings. The minimum Gasteiger partial charge on any atom is -0.352 e. The summed E-state index contributed by atoms with van der Waals surface area (Å²) in [4.78, 5) is 14.0. The Kier molecular flexibility index (Phi) is 7.64. The van der Waals surface area contributed by atoms with E-state index in [2.05, 4.69) is 29.4 Å². The maximum atomic E-state index is 11.8. The van der Waals surface area contributed by atoms with Gasteiger partial charge < -0.3 is 10.6 Å². The average Bonchev–Trinajstić information content (AvgIpc) is 2.54. The third-order valence-corrected chi connectivity index (χ3v) is 3.92. The lowest BCUT2D eigenvalue weighted by Crippen LogP contribution is -2.42. The van der Waals surface area contributed by atoms with E-state index in [4.69, 9.17) is 0 Å². The highest BCUT2D eigenvalue weighted by Gasteiger charge is 2.13. The number of hydrogen-bond donors (Lipinski definition) is 2. The summed E-state index contributed by atoms with van der Waals surface area (Å²) in [6.45, 7) is 8.83. The van der Waals surface area contributed by atoms with Crippen molar-refractivity contribution in [2.75, 3.05) is 44.2 Å². The van der Waals surface area contributed by atoms with Gasteiger partial charge >= 0.3 is 0 Å². The number of nitrogens with zero attached hydrogens (tertiary/aromatic N) is 1. The summed E-state index contributed by atoms with van der Waals surface area (Å²) in [5.74, 6) is 2.28. The number of carbonyl (C=O) groups is 1. The van der Waals surface area contributed by atoms with Gasteiger partial charge in [-0.25, -0.2) is 0 Å². The second kappa shape index (κ2) is 8.78. The molecule has 0 aromatic heterocycles. The van der Waals surface area contributed by atoms with Gasteiger partial charge in [-0.3, -0.25) is 9.69 Å². The standard InChI is InChI=1S/C12H25N3OS/c1-3-17-10-11(2)14-12(16)9-15-7-4-5-13-6-8-15/h11,13H,3-10H2,1-2H3,(H,14,16). The average molecular weight is 259 g/mol. The molecule has 1 amide bonds. The van der Waals surface area contributed by atoms with Crippen molar-refractivity contribution in [2.24, 2.45) is 0 Å². The van der Waals surface area contributed by atoms with Crippen molar-refractivity contribution in [2.45, 2.75) is 26.3 Å². The minimum absolute atomic E-state index is 0.163. The predicted molar refractivity (Wildman–Crippen MR) is 74.5 cm³/mol. The van der Waals surface area contributed by atoms with Crippen molar-refractivity contribution < 1.29 is 4.79 Å². The minimum atomic E-state index is 0.163. The molecule has 0 aromatic rings. The number of nitrogens with one attached hydrogen (secondary N) is 2. The first kappa shape index (κ1) is 14.8. The predicted octanol–water partition coefficient (Wildman–Crippen LogP) is 0.540. The number of amides is 1. The van der Waals surface area contributed by atoms with Crippen molar-refractivity contribution in [3.8, 4) is 0 Å². The summed E-state index contributed by atoms with van der Waals surface area (Å²) in [6, 6.07) is 0.276. The van der Waals surface area contributed by atoms with Crippen molar-refractivity contribution in [1.82, 2.24) is 15.5 Å². The molecule has 17 heavy (non-hydrogen) atoms. The van der Waals surface area contributed by atoms with Gasteiger partial charge in [-0.1, -0.05) is 6.92 Å². The summed E-state index contributed by atoms with van der Waals surface area (Å²) in [5, 5.41) is 6.40. The Bertz CT molecular complexity index is 218. The zero-order chi connectivity index (χ0) is 12.5. The van der Waals surface area contributed by atoms with Crippen LogP contribution in [-0.2, 0) is 4.79 Å². The van der Waals surface area contributed by atoms with Gasteiger partial charge in [-0.15, -0.1) is 0 Å². The maximum Gasteiger partial charge on any atom is 0.234 e. The second-order valence-electron chi connectivity index (χ2n) is 4.51.